The summed E-state index contributed by atoms with van der Waals surface area (Å²) in [6, 6.07) is 0. The van der Waals surface area contributed by atoms with Crippen molar-refractivity contribution in [2.45, 2.75) is 6.92 Å². The Morgan fingerprint density at radius 3 is 2.73 bits per heavy atom. The molecule has 0 heterocycles. The van der Waals surface area contributed by atoms with Crippen LogP contribution in [0.3, 0.4) is 0 Å². The molecule has 0 aliphatic heterocycles. The van der Waals surface area contributed by atoms with Gasteiger partial charge < -0.3 is 14.6 Å². The third kappa shape index (κ3) is 10.1. The number of nitrogens with one attached hydrogen (secondary N) is 1. The molecule has 0 rings (SSSR count). The molecule has 0 unspecified atom stereocenters. The maximum atomic E-state index is 5.30. The van der Waals surface area contributed by atoms with E-state index in [9.17, 15) is 0 Å². The molecule has 4 heteroatoms. The number of rotatable bonds is 7. The fourth-order valence-electron chi connectivity index (χ4n) is 0.716. The largest absolute Gasteiger partial charge is 0.423 e. The van der Waals surface area contributed by atoms with E-state index in [1.54, 1.807) is 0 Å². The van der Waals surface area contributed by atoms with Gasteiger partial charge in [0.25, 0.3) is 0 Å². The fourth-order valence-corrected chi connectivity index (χ4v) is 1.54. The zero-order valence-electron chi connectivity index (χ0n) is 7.89. The molecule has 0 bridgehead atoms. The SMILES string of the molecule is CCO[SiH2]CNCCN(C)C. The molecular weight excluding hydrogens is 156 g/mol. The van der Waals surface area contributed by atoms with Crippen LogP contribution in [0, 0.1) is 0 Å². The summed E-state index contributed by atoms with van der Waals surface area (Å²) in [7, 11) is 3.91. The van der Waals surface area contributed by atoms with Gasteiger partial charge >= 0.3 is 0 Å². The molecule has 0 atom stereocenters. The summed E-state index contributed by atoms with van der Waals surface area (Å²) >= 11 is 0. The molecule has 0 aromatic carbocycles. The van der Waals surface area contributed by atoms with Gasteiger partial charge in [0, 0.05) is 25.9 Å². The monoisotopic (exact) mass is 176 g/mol. The van der Waals surface area contributed by atoms with E-state index in [1.165, 1.54) is 0 Å². The first-order valence-corrected chi connectivity index (χ1v) is 5.78. The van der Waals surface area contributed by atoms with Crippen LogP contribution in [0.1, 0.15) is 6.92 Å². The Bertz CT molecular complexity index is 80.8. The summed E-state index contributed by atoms with van der Waals surface area (Å²) in [6.45, 7) is 5.11. The molecule has 3 nitrogen and oxygen atoms in total. The normalized spacial score (nSPS) is 12.0. The fraction of sp³-hybridized carbons (Fsp3) is 1.00. The van der Waals surface area contributed by atoms with E-state index >= 15 is 0 Å². The minimum Gasteiger partial charge on any atom is -0.423 e. The average Bonchev–Trinajstić information content (AvgIpc) is 1.96. The lowest BCUT2D eigenvalue weighted by atomic mass is 10.6. The summed E-state index contributed by atoms with van der Waals surface area (Å²) < 4.78 is 5.30. The van der Waals surface area contributed by atoms with Crippen LogP contribution in [-0.2, 0) is 4.43 Å². The van der Waals surface area contributed by atoms with Gasteiger partial charge in [-0.25, -0.2) is 0 Å². The van der Waals surface area contributed by atoms with E-state index in [0.29, 0.717) is 0 Å². The lowest BCUT2D eigenvalue weighted by Crippen LogP contribution is -2.30. The molecule has 1 N–H and O–H groups in total. The lowest BCUT2D eigenvalue weighted by molar-refractivity contribution is 0.355. The molecule has 0 aromatic rings. The highest BCUT2D eigenvalue weighted by Gasteiger charge is 1.89. The first-order valence-electron chi connectivity index (χ1n) is 4.20. The number of nitrogens with zero attached hydrogens (tertiary/aromatic N) is 1. The number of hydrogen-bond acceptors (Lipinski definition) is 3. The Hall–Kier alpha value is 0.0969. The van der Waals surface area contributed by atoms with Gasteiger partial charge in [0.15, 0.2) is 9.76 Å². The van der Waals surface area contributed by atoms with Crippen LogP contribution < -0.4 is 5.32 Å². The van der Waals surface area contributed by atoms with E-state index in [1.807, 2.05) is 6.92 Å². The first kappa shape index (κ1) is 11.1. The maximum absolute atomic E-state index is 5.30. The second kappa shape index (κ2) is 8.20. The Balaban J connectivity index is 2.80. The van der Waals surface area contributed by atoms with Crippen molar-refractivity contribution >= 4 is 9.76 Å². The maximum Gasteiger partial charge on any atom is 0.175 e. The average molecular weight is 176 g/mol. The molecule has 0 aromatic heterocycles. The Kier molecular flexibility index (Phi) is 8.27. The van der Waals surface area contributed by atoms with Gasteiger partial charge in [-0.05, 0) is 21.0 Å². The minimum absolute atomic E-state index is 0.263. The summed E-state index contributed by atoms with van der Waals surface area (Å²) in [5, 5.41) is 3.35. The Morgan fingerprint density at radius 1 is 1.45 bits per heavy atom. The highest BCUT2D eigenvalue weighted by atomic mass is 28.2. The molecule has 0 aliphatic carbocycles. The third-order valence-electron chi connectivity index (χ3n) is 1.36. The molecular formula is C7H20N2OSi. The second-order valence-corrected chi connectivity index (χ2v) is 4.07. The minimum atomic E-state index is -0.263. The van der Waals surface area contributed by atoms with Crippen molar-refractivity contribution in [3.05, 3.63) is 0 Å². The molecule has 0 aliphatic rings. The number of likely N-dealkylation sites (N-methyl/N-ethyl adjacent to an activating group) is 1. The third-order valence-corrected chi connectivity index (χ3v) is 2.62. The van der Waals surface area contributed by atoms with Gasteiger partial charge in [-0.2, -0.15) is 0 Å². The predicted molar refractivity (Wildman–Crippen MR) is 51.6 cm³/mol. The van der Waals surface area contributed by atoms with Gasteiger partial charge in [0.1, 0.15) is 0 Å². The lowest BCUT2D eigenvalue weighted by Gasteiger charge is -2.09. The first-order chi connectivity index (χ1) is 5.27. The number of hydrogen-bond donors (Lipinski definition) is 1. The van der Waals surface area contributed by atoms with Crippen molar-refractivity contribution in [1.82, 2.24) is 10.2 Å². The molecule has 0 fully saturated rings. The van der Waals surface area contributed by atoms with Crippen molar-refractivity contribution in [1.29, 1.82) is 0 Å². The smallest absolute Gasteiger partial charge is 0.175 e. The second-order valence-electron chi connectivity index (χ2n) is 2.75. The predicted octanol–water partition coefficient (Wildman–Crippen LogP) is -0.785. The molecule has 68 valence electrons. The van der Waals surface area contributed by atoms with E-state index in [4.69, 9.17) is 4.43 Å². The molecule has 11 heavy (non-hydrogen) atoms. The van der Waals surface area contributed by atoms with Crippen LogP contribution >= 0.6 is 0 Å². The quantitative estimate of drug-likeness (QED) is 0.407. The Morgan fingerprint density at radius 2 is 2.18 bits per heavy atom. The van der Waals surface area contributed by atoms with Crippen molar-refractivity contribution < 1.29 is 4.43 Å². The van der Waals surface area contributed by atoms with E-state index in [-0.39, 0.29) is 9.76 Å². The van der Waals surface area contributed by atoms with Crippen molar-refractivity contribution in [2.24, 2.45) is 0 Å². The molecule has 0 saturated heterocycles. The molecule has 0 spiro atoms. The molecule has 0 saturated carbocycles. The van der Waals surface area contributed by atoms with Gasteiger partial charge in [-0.1, -0.05) is 0 Å². The summed E-state index contributed by atoms with van der Waals surface area (Å²) in [6.07, 6.45) is 1.10. The molecule has 0 amide bonds. The zero-order chi connectivity index (χ0) is 8.53. The van der Waals surface area contributed by atoms with E-state index in [0.717, 1.165) is 25.9 Å². The van der Waals surface area contributed by atoms with Crippen LogP contribution in [0.5, 0.6) is 0 Å². The summed E-state index contributed by atoms with van der Waals surface area (Å²) in [5.74, 6) is 0. The van der Waals surface area contributed by atoms with Gasteiger partial charge in [-0.3, -0.25) is 0 Å². The topological polar surface area (TPSA) is 24.5 Å². The van der Waals surface area contributed by atoms with Crippen molar-refractivity contribution in [2.75, 3.05) is 40.0 Å². The van der Waals surface area contributed by atoms with Gasteiger partial charge in [0.05, 0.1) is 0 Å². The zero-order valence-corrected chi connectivity index (χ0v) is 9.31. The van der Waals surface area contributed by atoms with Gasteiger partial charge in [0.2, 0.25) is 0 Å². The Labute approximate surface area is 72.0 Å². The van der Waals surface area contributed by atoms with Gasteiger partial charge in [-0.15, -0.1) is 0 Å². The summed E-state index contributed by atoms with van der Waals surface area (Å²) in [4.78, 5) is 2.18. The van der Waals surface area contributed by atoms with Crippen LogP contribution in [0.25, 0.3) is 0 Å². The van der Waals surface area contributed by atoms with E-state index < -0.39 is 0 Å². The molecule has 0 radical (unpaired) electrons. The van der Waals surface area contributed by atoms with E-state index in [2.05, 4.69) is 24.3 Å². The highest BCUT2D eigenvalue weighted by Crippen LogP contribution is 1.70. The standard InChI is InChI=1S/C7H20N2OSi/c1-4-10-11-7-8-5-6-9(2)3/h8H,4-7,11H2,1-3H3. The summed E-state index contributed by atoms with van der Waals surface area (Å²) in [5.41, 5.74) is 0. The van der Waals surface area contributed by atoms with Crippen molar-refractivity contribution in [3.8, 4) is 0 Å². The highest BCUT2D eigenvalue weighted by molar-refractivity contribution is 6.27. The van der Waals surface area contributed by atoms with Crippen LogP contribution in [0.4, 0.5) is 0 Å². The van der Waals surface area contributed by atoms with Crippen LogP contribution in [0.15, 0.2) is 0 Å². The van der Waals surface area contributed by atoms with Crippen LogP contribution in [0.2, 0.25) is 0 Å². The van der Waals surface area contributed by atoms with Crippen LogP contribution in [-0.4, -0.2) is 54.6 Å². The van der Waals surface area contributed by atoms with Crippen molar-refractivity contribution in [3.63, 3.8) is 0 Å².